The first-order valence-corrected chi connectivity index (χ1v) is 10.6. The Balaban J connectivity index is 1.48. The first-order chi connectivity index (χ1) is 15.5. The Bertz CT molecular complexity index is 1250. The summed E-state index contributed by atoms with van der Waals surface area (Å²) in [6.07, 6.45) is 8.47. The van der Waals surface area contributed by atoms with E-state index in [1.165, 1.54) is 0 Å². The van der Waals surface area contributed by atoms with Gasteiger partial charge in [0, 0.05) is 61.8 Å². The van der Waals surface area contributed by atoms with Crippen LogP contribution in [-0.4, -0.2) is 44.5 Å². The maximum atomic E-state index is 5.30. The van der Waals surface area contributed by atoms with Crippen LogP contribution in [0.5, 0.6) is 5.75 Å². The van der Waals surface area contributed by atoms with E-state index in [1.807, 2.05) is 41.1 Å². The number of aromatic nitrogens is 5. The number of pyridine rings is 2. The van der Waals surface area contributed by atoms with Crippen molar-refractivity contribution in [1.29, 1.82) is 0 Å². The van der Waals surface area contributed by atoms with Gasteiger partial charge in [-0.15, -0.1) is 0 Å². The highest BCUT2D eigenvalue weighted by Gasteiger charge is 2.30. The molecule has 0 aromatic carbocycles. The molecule has 1 aliphatic rings. The van der Waals surface area contributed by atoms with Crippen molar-refractivity contribution < 1.29 is 4.74 Å². The number of anilines is 5. The van der Waals surface area contributed by atoms with Crippen molar-refractivity contribution in [1.82, 2.24) is 24.3 Å². The fraction of sp³-hybridized carbons (Fsp3) is 0.304. The minimum atomic E-state index is 0.256. The summed E-state index contributed by atoms with van der Waals surface area (Å²) in [5.74, 6) is 3.37. The van der Waals surface area contributed by atoms with Crippen molar-refractivity contribution in [2.24, 2.45) is 5.41 Å². The van der Waals surface area contributed by atoms with Crippen molar-refractivity contribution in [3.63, 3.8) is 0 Å². The summed E-state index contributed by atoms with van der Waals surface area (Å²) in [5.41, 5.74) is 2.02. The lowest BCUT2D eigenvalue weighted by Gasteiger charge is -2.22. The molecule has 0 atom stereocenters. The molecule has 4 aromatic rings. The van der Waals surface area contributed by atoms with Crippen LogP contribution in [-0.2, 0) is 0 Å². The quantitative estimate of drug-likeness (QED) is 0.469. The van der Waals surface area contributed by atoms with E-state index in [-0.39, 0.29) is 5.41 Å². The van der Waals surface area contributed by atoms with Gasteiger partial charge in [-0.2, -0.15) is 9.97 Å². The number of fused-ring (bicyclic) bond motifs is 1. The molecule has 9 heteroatoms. The van der Waals surface area contributed by atoms with Crippen molar-refractivity contribution in [3.8, 4) is 5.75 Å². The highest BCUT2D eigenvalue weighted by Crippen LogP contribution is 2.33. The van der Waals surface area contributed by atoms with Gasteiger partial charge in [0.05, 0.1) is 7.11 Å². The Morgan fingerprint density at radius 2 is 1.88 bits per heavy atom. The van der Waals surface area contributed by atoms with E-state index in [9.17, 15) is 0 Å². The zero-order valence-corrected chi connectivity index (χ0v) is 18.4. The molecule has 164 valence electrons. The molecular weight excluding hydrogens is 404 g/mol. The predicted octanol–water partition coefficient (Wildman–Crippen LogP) is 4.25. The third-order valence-electron chi connectivity index (χ3n) is 5.59. The molecule has 5 heterocycles. The predicted molar refractivity (Wildman–Crippen MR) is 125 cm³/mol. The van der Waals surface area contributed by atoms with Crippen LogP contribution >= 0.6 is 0 Å². The van der Waals surface area contributed by atoms with Crippen molar-refractivity contribution in [3.05, 3.63) is 55.1 Å². The number of nitrogens with zero attached hydrogens (tertiary/aromatic N) is 6. The van der Waals surface area contributed by atoms with Gasteiger partial charge < -0.3 is 24.7 Å². The van der Waals surface area contributed by atoms with Gasteiger partial charge in [0.1, 0.15) is 28.9 Å². The van der Waals surface area contributed by atoms with Gasteiger partial charge >= 0.3 is 0 Å². The standard InChI is InChI=1S/C23H26N8O/c1-23(2)6-10-31(15-23)21-14-19(26-16-5-9-30-11-8-25-20(30)12-16)28-22(29-21)27-18-13-17(32-3)4-7-24-18/h4-5,7-9,11-14H,6,10,15H2,1-3H3,(H2,24,26,27,28,29). The molecule has 1 saturated heterocycles. The number of hydrogen-bond acceptors (Lipinski definition) is 8. The fourth-order valence-corrected chi connectivity index (χ4v) is 3.88. The Hall–Kier alpha value is -3.88. The smallest absolute Gasteiger partial charge is 0.232 e. The lowest BCUT2D eigenvalue weighted by molar-refractivity contribution is 0.414. The maximum absolute atomic E-state index is 5.30. The molecule has 9 nitrogen and oxygen atoms in total. The summed E-state index contributed by atoms with van der Waals surface area (Å²) >= 11 is 0. The van der Waals surface area contributed by atoms with Crippen molar-refractivity contribution >= 4 is 34.7 Å². The average molecular weight is 431 g/mol. The highest BCUT2D eigenvalue weighted by molar-refractivity contribution is 5.66. The number of rotatable bonds is 6. The Kier molecular flexibility index (Phi) is 5.01. The van der Waals surface area contributed by atoms with E-state index in [2.05, 4.69) is 44.3 Å². The summed E-state index contributed by atoms with van der Waals surface area (Å²) in [6, 6.07) is 9.58. The number of nitrogens with one attached hydrogen (secondary N) is 2. The third kappa shape index (κ3) is 4.27. The number of ether oxygens (including phenoxy) is 1. The molecule has 0 spiro atoms. The average Bonchev–Trinajstić information content (AvgIpc) is 3.39. The third-order valence-corrected chi connectivity index (χ3v) is 5.59. The Morgan fingerprint density at radius 1 is 0.969 bits per heavy atom. The molecule has 1 aliphatic heterocycles. The monoisotopic (exact) mass is 430 g/mol. The van der Waals surface area contributed by atoms with Gasteiger partial charge in [0.25, 0.3) is 0 Å². The zero-order valence-electron chi connectivity index (χ0n) is 18.4. The number of hydrogen-bond donors (Lipinski definition) is 2. The van der Waals surface area contributed by atoms with Gasteiger partial charge in [-0.25, -0.2) is 9.97 Å². The summed E-state index contributed by atoms with van der Waals surface area (Å²) < 4.78 is 7.27. The summed E-state index contributed by atoms with van der Waals surface area (Å²) in [7, 11) is 1.63. The molecule has 0 radical (unpaired) electrons. The van der Waals surface area contributed by atoms with Crippen LogP contribution < -0.4 is 20.3 Å². The maximum Gasteiger partial charge on any atom is 0.232 e. The molecule has 0 unspecified atom stereocenters. The fourth-order valence-electron chi connectivity index (χ4n) is 3.88. The molecule has 1 fully saturated rings. The van der Waals surface area contributed by atoms with Crippen LogP contribution in [0, 0.1) is 5.41 Å². The summed E-state index contributed by atoms with van der Waals surface area (Å²) in [6.45, 7) is 6.47. The summed E-state index contributed by atoms with van der Waals surface area (Å²) in [5, 5.41) is 6.62. The van der Waals surface area contributed by atoms with E-state index >= 15 is 0 Å². The first kappa shape index (κ1) is 20.0. The Labute approximate surface area is 186 Å². The van der Waals surface area contributed by atoms with E-state index in [0.29, 0.717) is 23.3 Å². The van der Waals surface area contributed by atoms with E-state index in [1.54, 1.807) is 25.6 Å². The van der Waals surface area contributed by atoms with Crippen LogP contribution in [0.25, 0.3) is 5.65 Å². The molecule has 4 aromatic heterocycles. The van der Waals surface area contributed by atoms with Gasteiger partial charge in [0.15, 0.2) is 0 Å². The largest absolute Gasteiger partial charge is 0.497 e. The molecule has 0 amide bonds. The van der Waals surface area contributed by atoms with Crippen LogP contribution in [0.1, 0.15) is 20.3 Å². The molecule has 5 rings (SSSR count). The molecule has 0 bridgehead atoms. The molecular formula is C23H26N8O. The normalized spacial score (nSPS) is 15.2. The van der Waals surface area contributed by atoms with Gasteiger partial charge in [-0.1, -0.05) is 13.8 Å². The lowest BCUT2D eigenvalue weighted by Crippen LogP contribution is -2.24. The highest BCUT2D eigenvalue weighted by atomic mass is 16.5. The van der Waals surface area contributed by atoms with E-state index < -0.39 is 0 Å². The Morgan fingerprint density at radius 3 is 2.69 bits per heavy atom. The van der Waals surface area contributed by atoms with E-state index in [4.69, 9.17) is 9.72 Å². The molecule has 0 saturated carbocycles. The van der Waals surface area contributed by atoms with Crippen LogP contribution in [0.2, 0.25) is 0 Å². The van der Waals surface area contributed by atoms with Crippen molar-refractivity contribution in [2.45, 2.75) is 20.3 Å². The molecule has 0 aliphatic carbocycles. The SMILES string of the molecule is COc1ccnc(Nc2nc(Nc3ccn4ccnc4c3)cc(N3CCC(C)(C)C3)n2)c1. The van der Waals surface area contributed by atoms with Crippen LogP contribution in [0.3, 0.4) is 0 Å². The van der Waals surface area contributed by atoms with Gasteiger partial charge in [-0.3, -0.25) is 0 Å². The zero-order chi connectivity index (χ0) is 22.1. The molecule has 2 N–H and O–H groups in total. The second-order valence-electron chi connectivity index (χ2n) is 8.71. The molecule has 32 heavy (non-hydrogen) atoms. The van der Waals surface area contributed by atoms with Crippen LogP contribution in [0.15, 0.2) is 55.1 Å². The van der Waals surface area contributed by atoms with Gasteiger partial charge in [-0.05, 0) is 24.0 Å². The topological polar surface area (TPSA) is 92.5 Å². The minimum absolute atomic E-state index is 0.256. The number of imidazole rings is 1. The van der Waals surface area contributed by atoms with Gasteiger partial charge in [0.2, 0.25) is 5.95 Å². The second-order valence-corrected chi connectivity index (χ2v) is 8.71. The first-order valence-electron chi connectivity index (χ1n) is 10.6. The second kappa shape index (κ2) is 7.99. The lowest BCUT2D eigenvalue weighted by atomic mass is 9.93. The van der Waals surface area contributed by atoms with E-state index in [0.717, 1.165) is 36.7 Å². The van der Waals surface area contributed by atoms with Crippen molar-refractivity contribution in [2.75, 3.05) is 35.7 Å². The minimum Gasteiger partial charge on any atom is -0.497 e. The van der Waals surface area contributed by atoms with Crippen LogP contribution in [0.4, 0.5) is 29.1 Å². The summed E-state index contributed by atoms with van der Waals surface area (Å²) in [4.78, 5) is 20.5. The number of methoxy groups -OCH3 is 1.